The third kappa shape index (κ3) is 1.79. The summed E-state index contributed by atoms with van der Waals surface area (Å²) in [6.45, 7) is 3.70. The van der Waals surface area contributed by atoms with Crippen molar-refractivity contribution in [3.8, 4) is 0 Å². The molecule has 0 unspecified atom stereocenters. The van der Waals surface area contributed by atoms with Gasteiger partial charge in [-0.2, -0.15) is 0 Å². The van der Waals surface area contributed by atoms with Crippen LogP contribution in [0.1, 0.15) is 19.9 Å². The Labute approximate surface area is 79.9 Å². The van der Waals surface area contributed by atoms with E-state index in [0.29, 0.717) is 0 Å². The highest BCUT2D eigenvalue weighted by molar-refractivity contribution is 6.31. The van der Waals surface area contributed by atoms with Crippen LogP contribution in [-0.2, 0) is 0 Å². The van der Waals surface area contributed by atoms with Crippen LogP contribution in [-0.4, -0.2) is 9.55 Å². The van der Waals surface area contributed by atoms with E-state index in [0.717, 1.165) is 0 Å². The molecule has 0 aliphatic rings. The van der Waals surface area contributed by atoms with Crippen LogP contribution in [0.3, 0.4) is 0 Å². The highest BCUT2D eigenvalue weighted by Gasteiger charge is 2.07. The van der Waals surface area contributed by atoms with Crippen molar-refractivity contribution in [3.63, 3.8) is 0 Å². The predicted molar refractivity (Wildman–Crippen MR) is 48.9 cm³/mol. The van der Waals surface area contributed by atoms with Crippen molar-refractivity contribution in [1.29, 1.82) is 0 Å². The van der Waals surface area contributed by atoms with Crippen molar-refractivity contribution in [2.24, 2.45) is 0 Å². The van der Waals surface area contributed by atoms with Crippen molar-refractivity contribution in [1.82, 2.24) is 9.55 Å². The monoisotopic (exact) mass is 206 g/mol. The summed E-state index contributed by atoms with van der Waals surface area (Å²) in [5.41, 5.74) is -0.227. The summed E-state index contributed by atoms with van der Waals surface area (Å²) in [4.78, 5) is 15.0. The van der Waals surface area contributed by atoms with Gasteiger partial charge in [-0.05, 0) is 25.4 Å². The topological polar surface area (TPSA) is 34.9 Å². The fourth-order valence-corrected chi connectivity index (χ4v) is 1.49. The summed E-state index contributed by atoms with van der Waals surface area (Å²) in [7, 11) is 0. The first-order chi connectivity index (χ1) is 5.52. The summed E-state index contributed by atoms with van der Waals surface area (Å²) in [5, 5.41) is 0.254. The highest BCUT2D eigenvalue weighted by atomic mass is 35.5. The number of halogens is 2. The SMILES string of the molecule is CC(C)n1c(Cl)nc(Cl)cc1=O. The summed E-state index contributed by atoms with van der Waals surface area (Å²) in [5.74, 6) is 0. The summed E-state index contributed by atoms with van der Waals surface area (Å²) in [6.07, 6.45) is 0. The fourth-order valence-electron chi connectivity index (χ4n) is 0.904. The fraction of sp³-hybridized carbons (Fsp3) is 0.429. The van der Waals surface area contributed by atoms with Crippen molar-refractivity contribution in [3.05, 3.63) is 26.9 Å². The second kappa shape index (κ2) is 3.46. The largest absolute Gasteiger partial charge is 0.281 e. The third-order valence-electron chi connectivity index (χ3n) is 1.39. The van der Waals surface area contributed by atoms with Crippen molar-refractivity contribution < 1.29 is 0 Å². The van der Waals surface area contributed by atoms with E-state index in [2.05, 4.69) is 4.98 Å². The zero-order valence-electron chi connectivity index (χ0n) is 6.71. The molecule has 0 aliphatic carbocycles. The third-order valence-corrected chi connectivity index (χ3v) is 1.85. The molecule has 0 fully saturated rings. The Morgan fingerprint density at radius 3 is 2.50 bits per heavy atom. The average molecular weight is 207 g/mol. The maximum absolute atomic E-state index is 11.3. The van der Waals surface area contributed by atoms with Gasteiger partial charge in [0.25, 0.3) is 5.56 Å². The van der Waals surface area contributed by atoms with Crippen molar-refractivity contribution in [2.45, 2.75) is 19.9 Å². The van der Waals surface area contributed by atoms with Gasteiger partial charge in [0.15, 0.2) is 0 Å². The number of aromatic nitrogens is 2. The van der Waals surface area contributed by atoms with Crippen LogP contribution < -0.4 is 5.56 Å². The van der Waals surface area contributed by atoms with Gasteiger partial charge in [0.1, 0.15) is 5.15 Å². The summed E-state index contributed by atoms with van der Waals surface area (Å²) in [6, 6.07) is 1.24. The zero-order valence-corrected chi connectivity index (χ0v) is 8.23. The van der Waals surface area contributed by atoms with Gasteiger partial charge in [0.05, 0.1) is 0 Å². The van der Waals surface area contributed by atoms with E-state index in [9.17, 15) is 4.79 Å². The van der Waals surface area contributed by atoms with Crippen LogP contribution >= 0.6 is 23.2 Å². The standard InChI is InChI=1S/C7H8Cl2N2O/c1-4(2)11-6(12)3-5(8)10-7(11)9/h3-4H,1-2H3. The van der Waals surface area contributed by atoms with E-state index in [-0.39, 0.29) is 22.0 Å². The molecule has 5 heteroatoms. The highest BCUT2D eigenvalue weighted by Crippen LogP contribution is 2.11. The van der Waals surface area contributed by atoms with Gasteiger partial charge >= 0.3 is 0 Å². The zero-order chi connectivity index (χ0) is 9.30. The van der Waals surface area contributed by atoms with Gasteiger partial charge in [-0.25, -0.2) is 4.98 Å². The van der Waals surface area contributed by atoms with E-state index in [4.69, 9.17) is 23.2 Å². The predicted octanol–water partition coefficient (Wildman–Crippen LogP) is 2.13. The molecule has 0 N–H and O–H groups in total. The molecule has 0 saturated carbocycles. The summed E-state index contributed by atoms with van der Waals surface area (Å²) < 4.78 is 1.37. The molecule has 0 aromatic carbocycles. The van der Waals surface area contributed by atoms with Gasteiger partial charge in [-0.1, -0.05) is 11.6 Å². The first kappa shape index (κ1) is 9.55. The van der Waals surface area contributed by atoms with Gasteiger partial charge in [0, 0.05) is 12.1 Å². The van der Waals surface area contributed by atoms with Crippen molar-refractivity contribution in [2.75, 3.05) is 0 Å². The van der Waals surface area contributed by atoms with E-state index in [1.807, 2.05) is 13.8 Å². The van der Waals surface area contributed by atoms with Crippen LogP contribution in [0.15, 0.2) is 10.9 Å². The minimum Gasteiger partial charge on any atom is -0.281 e. The molecule has 12 heavy (non-hydrogen) atoms. The lowest BCUT2D eigenvalue weighted by molar-refractivity contribution is 0.568. The van der Waals surface area contributed by atoms with Gasteiger partial charge in [-0.3, -0.25) is 9.36 Å². The quantitative estimate of drug-likeness (QED) is 0.522. The Bertz CT molecular complexity index is 346. The van der Waals surface area contributed by atoms with E-state index >= 15 is 0 Å². The molecule has 1 rings (SSSR count). The lowest BCUT2D eigenvalue weighted by atomic mass is 10.4. The second-order valence-electron chi connectivity index (χ2n) is 2.65. The maximum atomic E-state index is 11.3. The minimum absolute atomic E-state index is 0.00485. The molecule has 1 aromatic rings. The molecule has 0 atom stereocenters. The summed E-state index contributed by atoms with van der Waals surface area (Å²) >= 11 is 11.2. The Kier molecular flexibility index (Phi) is 2.75. The van der Waals surface area contributed by atoms with Crippen LogP contribution in [0.25, 0.3) is 0 Å². The molecule has 0 amide bonds. The molecule has 0 aliphatic heterocycles. The van der Waals surface area contributed by atoms with Gasteiger partial charge in [-0.15, -0.1) is 0 Å². The van der Waals surface area contributed by atoms with Gasteiger partial charge < -0.3 is 0 Å². The number of hydrogen-bond donors (Lipinski definition) is 0. The Morgan fingerprint density at radius 1 is 1.50 bits per heavy atom. The van der Waals surface area contributed by atoms with E-state index < -0.39 is 0 Å². The number of rotatable bonds is 1. The van der Waals surface area contributed by atoms with Crippen LogP contribution in [0.4, 0.5) is 0 Å². The molecule has 0 bridgehead atoms. The molecular weight excluding hydrogens is 199 g/mol. The van der Waals surface area contributed by atoms with Crippen molar-refractivity contribution >= 4 is 23.2 Å². The maximum Gasteiger partial charge on any atom is 0.256 e. The van der Waals surface area contributed by atoms with Gasteiger partial charge in [0.2, 0.25) is 5.28 Å². The Balaban J connectivity index is 3.39. The number of nitrogens with zero attached hydrogens (tertiary/aromatic N) is 2. The Hall–Kier alpha value is -0.540. The molecule has 66 valence electrons. The average Bonchev–Trinajstić information content (AvgIpc) is 1.82. The smallest absolute Gasteiger partial charge is 0.256 e. The normalized spacial score (nSPS) is 10.8. The second-order valence-corrected chi connectivity index (χ2v) is 3.38. The molecule has 1 aromatic heterocycles. The molecule has 1 heterocycles. The van der Waals surface area contributed by atoms with E-state index in [1.54, 1.807) is 0 Å². The first-order valence-electron chi connectivity index (χ1n) is 3.47. The minimum atomic E-state index is -0.227. The van der Waals surface area contributed by atoms with Crippen LogP contribution in [0, 0.1) is 0 Å². The van der Waals surface area contributed by atoms with Crippen LogP contribution in [0.5, 0.6) is 0 Å². The molecule has 0 saturated heterocycles. The molecular formula is C7H8Cl2N2O. The van der Waals surface area contributed by atoms with Crippen LogP contribution in [0.2, 0.25) is 10.4 Å². The lowest BCUT2D eigenvalue weighted by Crippen LogP contribution is -2.22. The molecule has 0 spiro atoms. The lowest BCUT2D eigenvalue weighted by Gasteiger charge is -2.10. The number of hydrogen-bond acceptors (Lipinski definition) is 2. The van der Waals surface area contributed by atoms with E-state index in [1.165, 1.54) is 10.6 Å². The first-order valence-corrected chi connectivity index (χ1v) is 4.22. The molecule has 0 radical (unpaired) electrons. The Morgan fingerprint density at radius 2 is 2.08 bits per heavy atom. The molecule has 3 nitrogen and oxygen atoms in total.